The second kappa shape index (κ2) is 5.08. The van der Waals surface area contributed by atoms with Crippen molar-refractivity contribution in [3.05, 3.63) is 47.5 Å². The second-order valence-electron chi connectivity index (χ2n) is 7.14. The van der Waals surface area contributed by atoms with E-state index in [0.717, 1.165) is 29.0 Å². The molecule has 0 radical (unpaired) electrons. The molecule has 3 fully saturated rings. The number of hydrogen-bond acceptors (Lipinski definition) is 4. The maximum Gasteiger partial charge on any atom is 0.194 e. The molecule has 122 valence electrons. The Hall–Kier alpha value is -2.33. The molecule has 2 N–H and O–H groups in total. The fourth-order valence-electron chi connectivity index (χ4n) is 4.37. The number of carbonyl (C=O) groups is 1. The van der Waals surface area contributed by atoms with Gasteiger partial charge in [0, 0.05) is 23.4 Å². The Kier molecular flexibility index (Phi) is 2.98. The summed E-state index contributed by atoms with van der Waals surface area (Å²) in [5.41, 5.74) is 9.84. The van der Waals surface area contributed by atoms with Crippen LogP contribution in [0, 0.1) is 5.92 Å². The van der Waals surface area contributed by atoms with Crippen LogP contribution in [0.1, 0.15) is 28.8 Å². The largest absolute Gasteiger partial charge is 0.489 e. The minimum Gasteiger partial charge on any atom is -0.489 e. The lowest BCUT2D eigenvalue weighted by Gasteiger charge is -2.44. The van der Waals surface area contributed by atoms with Crippen molar-refractivity contribution < 1.29 is 9.53 Å². The number of ketones is 1. The van der Waals surface area contributed by atoms with E-state index in [1.54, 1.807) is 6.07 Å². The van der Waals surface area contributed by atoms with Crippen molar-refractivity contribution in [1.29, 1.82) is 0 Å². The Labute approximate surface area is 141 Å². The topological polar surface area (TPSA) is 55.6 Å². The van der Waals surface area contributed by atoms with Gasteiger partial charge in [-0.2, -0.15) is 0 Å². The highest BCUT2D eigenvalue weighted by Crippen LogP contribution is 2.40. The van der Waals surface area contributed by atoms with E-state index in [1.807, 2.05) is 30.3 Å². The average molecular weight is 320 g/mol. The molecule has 0 spiro atoms. The van der Waals surface area contributed by atoms with E-state index in [2.05, 4.69) is 4.90 Å². The number of fused-ring (bicyclic) bond motifs is 6. The van der Waals surface area contributed by atoms with Gasteiger partial charge in [0.2, 0.25) is 0 Å². The van der Waals surface area contributed by atoms with Crippen LogP contribution >= 0.6 is 0 Å². The van der Waals surface area contributed by atoms with Crippen molar-refractivity contribution in [2.24, 2.45) is 5.92 Å². The van der Waals surface area contributed by atoms with Crippen molar-refractivity contribution >= 4 is 11.5 Å². The first kappa shape index (κ1) is 14.1. The summed E-state index contributed by atoms with van der Waals surface area (Å²) in [6.07, 6.45) is 2.69. The van der Waals surface area contributed by atoms with E-state index in [-0.39, 0.29) is 11.9 Å². The van der Waals surface area contributed by atoms with Crippen LogP contribution in [-0.4, -0.2) is 36.4 Å². The van der Waals surface area contributed by atoms with Crippen LogP contribution in [0.2, 0.25) is 0 Å². The summed E-state index contributed by atoms with van der Waals surface area (Å²) in [7, 11) is 0. The van der Waals surface area contributed by atoms with E-state index in [4.69, 9.17) is 10.5 Å². The number of benzene rings is 2. The maximum atomic E-state index is 12.7. The molecule has 24 heavy (non-hydrogen) atoms. The van der Waals surface area contributed by atoms with Crippen molar-refractivity contribution in [1.82, 2.24) is 4.90 Å². The first-order chi connectivity index (χ1) is 11.7. The molecule has 2 aromatic rings. The summed E-state index contributed by atoms with van der Waals surface area (Å²) in [4.78, 5) is 15.2. The molecule has 0 aromatic heterocycles. The Morgan fingerprint density at radius 3 is 2.38 bits per heavy atom. The van der Waals surface area contributed by atoms with Gasteiger partial charge in [-0.3, -0.25) is 9.69 Å². The van der Waals surface area contributed by atoms with E-state index in [9.17, 15) is 4.79 Å². The third-order valence-electron chi connectivity index (χ3n) is 5.70. The second-order valence-corrected chi connectivity index (χ2v) is 7.14. The predicted molar refractivity (Wildman–Crippen MR) is 93.3 cm³/mol. The zero-order valence-electron chi connectivity index (χ0n) is 13.5. The number of ether oxygens (including phenoxy) is 1. The standard InChI is InChI=1S/C20H20N2O2/c21-13-1-3-15-16-4-2-14(10-18(16)20(23)17(15)9-13)24-19-11-22-7-5-12(19)6-8-22/h1-4,9-10,12,19H,5-8,11,21H2/t19-/m1/s1. The smallest absolute Gasteiger partial charge is 0.194 e. The molecule has 3 aliphatic heterocycles. The van der Waals surface area contributed by atoms with Gasteiger partial charge in [-0.25, -0.2) is 0 Å². The maximum absolute atomic E-state index is 12.7. The summed E-state index contributed by atoms with van der Waals surface area (Å²) < 4.78 is 6.27. The molecule has 0 saturated carbocycles. The van der Waals surface area contributed by atoms with Crippen LogP contribution in [0.15, 0.2) is 36.4 Å². The van der Waals surface area contributed by atoms with E-state index in [1.165, 1.54) is 25.9 Å². The van der Waals surface area contributed by atoms with Gasteiger partial charge in [0.1, 0.15) is 11.9 Å². The van der Waals surface area contributed by atoms with Crippen molar-refractivity contribution in [3.63, 3.8) is 0 Å². The van der Waals surface area contributed by atoms with Crippen molar-refractivity contribution in [2.45, 2.75) is 18.9 Å². The van der Waals surface area contributed by atoms with Crippen LogP contribution in [-0.2, 0) is 0 Å². The highest BCUT2D eigenvalue weighted by atomic mass is 16.5. The van der Waals surface area contributed by atoms with Crippen LogP contribution in [0.25, 0.3) is 11.1 Å². The number of nitrogen functional groups attached to an aromatic ring is 1. The zero-order valence-corrected chi connectivity index (χ0v) is 13.5. The van der Waals surface area contributed by atoms with Gasteiger partial charge in [0.25, 0.3) is 0 Å². The third kappa shape index (κ3) is 2.06. The van der Waals surface area contributed by atoms with E-state index in [0.29, 0.717) is 17.2 Å². The Morgan fingerprint density at radius 2 is 1.67 bits per heavy atom. The number of piperidine rings is 3. The normalized spacial score (nSPS) is 27.0. The summed E-state index contributed by atoms with van der Waals surface area (Å²) in [6.45, 7) is 3.40. The van der Waals surface area contributed by atoms with Crippen LogP contribution in [0.5, 0.6) is 5.75 Å². The monoisotopic (exact) mass is 320 g/mol. The molecule has 1 atom stereocenters. The minimum absolute atomic E-state index is 0.0478. The van der Waals surface area contributed by atoms with Crippen LogP contribution in [0.4, 0.5) is 5.69 Å². The molecule has 0 unspecified atom stereocenters. The molecule has 4 heteroatoms. The molecular weight excluding hydrogens is 300 g/mol. The van der Waals surface area contributed by atoms with Gasteiger partial charge >= 0.3 is 0 Å². The number of nitrogens with two attached hydrogens (primary N) is 1. The molecule has 2 bridgehead atoms. The van der Waals surface area contributed by atoms with E-state index >= 15 is 0 Å². The molecular formula is C20H20N2O2. The molecule has 3 heterocycles. The summed E-state index contributed by atoms with van der Waals surface area (Å²) in [6, 6.07) is 11.5. The van der Waals surface area contributed by atoms with Gasteiger partial charge in [-0.05, 0) is 73.3 Å². The molecule has 4 nitrogen and oxygen atoms in total. The quantitative estimate of drug-likeness (QED) is 0.738. The molecule has 6 rings (SSSR count). The first-order valence-corrected chi connectivity index (χ1v) is 8.67. The number of anilines is 1. The van der Waals surface area contributed by atoms with Crippen LogP contribution in [0.3, 0.4) is 0 Å². The summed E-state index contributed by atoms with van der Waals surface area (Å²) in [5.74, 6) is 1.50. The molecule has 0 amide bonds. The number of carbonyl (C=O) groups excluding carboxylic acids is 1. The van der Waals surface area contributed by atoms with Gasteiger partial charge in [-0.1, -0.05) is 6.07 Å². The number of nitrogens with zero attached hydrogens (tertiary/aromatic N) is 1. The summed E-state index contributed by atoms with van der Waals surface area (Å²) >= 11 is 0. The zero-order chi connectivity index (χ0) is 16.3. The molecule has 1 aliphatic carbocycles. The Balaban J connectivity index is 1.45. The van der Waals surface area contributed by atoms with E-state index < -0.39 is 0 Å². The highest BCUT2D eigenvalue weighted by Gasteiger charge is 2.36. The van der Waals surface area contributed by atoms with Gasteiger partial charge in [0.05, 0.1) is 0 Å². The van der Waals surface area contributed by atoms with Crippen molar-refractivity contribution in [2.75, 3.05) is 25.4 Å². The lowest BCUT2D eigenvalue weighted by atomic mass is 9.86. The number of rotatable bonds is 2. The first-order valence-electron chi connectivity index (χ1n) is 8.67. The Morgan fingerprint density at radius 1 is 0.958 bits per heavy atom. The predicted octanol–water partition coefficient (Wildman–Crippen LogP) is 2.95. The third-order valence-corrected chi connectivity index (χ3v) is 5.70. The Bertz CT molecular complexity index is 838. The van der Waals surface area contributed by atoms with Gasteiger partial charge < -0.3 is 10.5 Å². The fraction of sp³-hybridized carbons (Fsp3) is 0.350. The fourth-order valence-corrected chi connectivity index (χ4v) is 4.37. The van der Waals surface area contributed by atoms with Gasteiger partial charge in [-0.15, -0.1) is 0 Å². The highest BCUT2D eigenvalue weighted by molar-refractivity contribution is 6.22. The van der Waals surface area contributed by atoms with Crippen molar-refractivity contribution in [3.8, 4) is 16.9 Å². The van der Waals surface area contributed by atoms with Gasteiger partial charge in [0.15, 0.2) is 5.78 Å². The molecule has 3 saturated heterocycles. The average Bonchev–Trinajstić information content (AvgIpc) is 2.88. The summed E-state index contributed by atoms with van der Waals surface area (Å²) in [5, 5.41) is 0. The number of hydrogen-bond donors (Lipinski definition) is 1. The SMILES string of the molecule is Nc1ccc2c(c1)C(=O)c1cc(O[C@@H]3CN4CCC3CC4)ccc1-2. The molecule has 4 aliphatic rings. The lowest BCUT2D eigenvalue weighted by molar-refractivity contribution is -0.00777. The van der Waals surface area contributed by atoms with Crippen LogP contribution < -0.4 is 10.5 Å². The molecule has 2 aromatic carbocycles. The lowest BCUT2D eigenvalue weighted by Crippen LogP contribution is -2.52. The minimum atomic E-state index is 0.0478.